The second kappa shape index (κ2) is 8.57. The van der Waals surface area contributed by atoms with Gasteiger partial charge in [-0.1, -0.05) is 0 Å². The first kappa shape index (κ1) is 20.1. The first-order valence-electron chi connectivity index (χ1n) is 9.08. The highest BCUT2D eigenvalue weighted by Crippen LogP contribution is 2.25. The number of hydrogen-bond acceptors (Lipinski definition) is 6. The summed E-state index contributed by atoms with van der Waals surface area (Å²) in [6, 6.07) is 7.93. The quantitative estimate of drug-likeness (QED) is 0.766. The maximum Gasteiger partial charge on any atom is 0.255 e. The van der Waals surface area contributed by atoms with Crippen molar-refractivity contribution in [3.8, 4) is 5.75 Å². The molecule has 2 heterocycles. The molecule has 2 aromatic rings. The number of nitrogens with one attached hydrogen (secondary N) is 2. The fourth-order valence-corrected chi connectivity index (χ4v) is 4.03. The molecule has 8 nitrogen and oxygen atoms in total. The van der Waals surface area contributed by atoms with E-state index in [4.69, 9.17) is 4.74 Å². The lowest BCUT2D eigenvalue weighted by atomic mass is 10.1. The van der Waals surface area contributed by atoms with Crippen LogP contribution in [0.1, 0.15) is 29.6 Å². The molecule has 2 N–H and O–H groups in total. The van der Waals surface area contributed by atoms with Gasteiger partial charge in [0.1, 0.15) is 16.5 Å². The predicted molar refractivity (Wildman–Crippen MR) is 107 cm³/mol. The number of benzene rings is 1. The van der Waals surface area contributed by atoms with E-state index in [1.165, 1.54) is 38.8 Å². The Hall–Kier alpha value is -2.65. The van der Waals surface area contributed by atoms with Crippen molar-refractivity contribution >= 4 is 27.4 Å². The van der Waals surface area contributed by atoms with Crippen LogP contribution in [0.15, 0.2) is 41.4 Å². The highest BCUT2D eigenvalue weighted by molar-refractivity contribution is 7.89. The summed E-state index contributed by atoms with van der Waals surface area (Å²) in [6.45, 7) is 1.99. The van der Waals surface area contributed by atoms with Crippen LogP contribution >= 0.6 is 0 Å². The molecule has 0 spiro atoms. The van der Waals surface area contributed by atoms with Gasteiger partial charge in [0.2, 0.25) is 10.0 Å². The summed E-state index contributed by atoms with van der Waals surface area (Å²) in [7, 11) is -1.08. The molecule has 1 aromatic heterocycles. The van der Waals surface area contributed by atoms with Crippen molar-refractivity contribution < 1.29 is 17.9 Å². The summed E-state index contributed by atoms with van der Waals surface area (Å²) in [6.07, 6.45) is 5.18. The third-order valence-electron chi connectivity index (χ3n) is 4.67. The fraction of sp³-hybridized carbons (Fsp3) is 0.368. The Morgan fingerprint density at radius 3 is 2.50 bits per heavy atom. The molecule has 0 aliphatic carbocycles. The second-order valence-corrected chi connectivity index (χ2v) is 8.34. The van der Waals surface area contributed by atoms with Gasteiger partial charge < -0.3 is 15.0 Å². The average molecular weight is 404 g/mol. The third kappa shape index (κ3) is 4.42. The summed E-state index contributed by atoms with van der Waals surface area (Å²) >= 11 is 0. The highest BCUT2D eigenvalue weighted by Gasteiger charge is 2.20. The number of nitrogens with zero attached hydrogens (tertiary/aromatic N) is 2. The Morgan fingerprint density at radius 1 is 1.14 bits per heavy atom. The van der Waals surface area contributed by atoms with Gasteiger partial charge in [-0.25, -0.2) is 18.1 Å². The number of amides is 1. The van der Waals surface area contributed by atoms with E-state index >= 15 is 0 Å². The molecule has 0 unspecified atom stereocenters. The normalized spacial score (nSPS) is 14.6. The third-order valence-corrected chi connectivity index (χ3v) is 6.11. The van der Waals surface area contributed by atoms with E-state index in [1.807, 2.05) is 6.07 Å². The molecule has 1 saturated heterocycles. The van der Waals surface area contributed by atoms with Crippen molar-refractivity contribution in [3.63, 3.8) is 0 Å². The first-order chi connectivity index (χ1) is 13.4. The molecule has 0 atom stereocenters. The van der Waals surface area contributed by atoms with Crippen LogP contribution in [0.4, 0.5) is 11.5 Å². The number of carbonyl (C=O) groups is 1. The number of hydrogen-bond donors (Lipinski definition) is 2. The van der Waals surface area contributed by atoms with Crippen LogP contribution in [0, 0.1) is 0 Å². The van der Waals surface area contributed by atoms with Crippen molar-refractivity contribution in [1.29, 1.82) is 0 Å². The van der Waals surface area contributed by atoms with Gasteiger partial charge in [0.05, 0.1) is 19.0 Å². The topological polar surface area (TPSA) is 101 Å². The molecule has 1 aliphatic rings. The number of sulfonamides is 1. The predicted octanol–water partition coefficient (Wildman–Crippen LogP) is 2.24. The number of pyridine rings is 1. The maximum atomic E-state index is 12.6. The van der Waals surface area contributed by atoms with Gasteiger partial charge in [-0.3, -0.25) is 4.79 Å². The molecular weight excluding hydrogens is 380 g/mol. The molecule has 0 bridgehead atoms. The first-order valence-corrected chi connectivity index (χ1v) is 10.6. The zero-order valence-electron chi connectivity index (χ0n) is 15.9. The molecule has 1 fully saturated rings. The largest absolute Gasteiger partial charge is 0.495 e. The Morgan fingerprint density at radius 2 is 1.89 bits per heavy atom. The molecule has 1 amide bonds. The lowest BCUT2D eigenvalue weighted by Gasteiger charge is -2.27. The molecule has 9 heteroatoms. The molecule has 150 valence electrons. The van der Waals surface area contributed by atoms with Gasteiger partial charge in [0.25, 0.3) is 5.91 Å². The summed E-state index contributed by atoms with van der Waals surface area (Å²) in [4.78, 5) is 19.1. The molecule has 0 saturated carbocycles. The number of piperidine rings is 1. The molecule has 28 heavy (non-hydrogen) atoms. The van der Waals surface area contributed by atoms with E-state index in [2.05, 4.69) is 19.9 Å². The van der Waals surface area contributed by atoms with Gasteiger partial charge in [0.15, 0.2) is 0 Å². The van der Waals surface area contributed by atoms with Gasteiger partial charge in [-0.15, -0.1) is 0 Å². The minimum Gasteiger partial charge on any atom is -0.495 e. The number of carbonyl (C=O) groups excluding carboxylic acids is 1. The monoisotopic (exact) mass is 404 g/mol. The maximum absolute atomic E-state index is 12.6. The Kier molecular flexibility index (Phi) is 6.15. The SMILES string of the molecule is CNS(=O)(=O)c1cc(C(=O)Nc2ccc(N3CCCCC3)nc2)ccc1OC. The van der Waals surface area contributed by atoms with Crippen molar-refractivity contribution in [2.75, 3.05) is 37.5 Å². The Bertz CT molecular complexity index is 939. The smallest absolute Gasteiger partial charge is 0.255 e. The van der Waals surface area contributed by atoms with Gasteiger partial charge in [-0.05, 0) is 56.6 Å². The number of anilines is 2. The van der Waals surface area contributed by atoms with E-state index in [-0.39, 0.29) is 16.2 Å². The lowest BCUT2D eigenvalue weighted by molar-refractivity contribution is 0.102. The van der Waals surface area contributed by atoms with Crippen molar-refractivity contribution in [3.05, 3.63) is 42.1 Å². The lowest BCUT2D eigenvalue weighted by Crippen LogP contribution is -2.30. The summed E-state index contributed by atoms with van der Waals surface area (Å²) in [5, 5.41) is 2.75. The summed E-state index contributed by atoms with van der Waals surface area (Å²) < 4.78 is 31.7. The average Bonchev–Trinajstić information content (AvgIpc) is 2.74. The van der Waals surface area contributed by atoms with Crippen molar-refractivity contribution in [2.24, 2.45) is 0 Å². The van der Waals surface area contributed by atoms with E-state index in [0.29, 0.717) is 5.69 Å². The second-order valence-electron chi connectivity index (χ2n) is 6.48. The zero-order valence-corrected chi connectivity index (χ0v) is 16.8. The van der Waals surface area contributed by atoms with Gasteiger partial charge in [0, 0.05) is 18.7 Å². The molecule has 0 radical (unpaired) electrons. The van der Waals surface area contributed by atoms with Crippen molar-refractivity contribution in [1.82, 2.24) is 9.71 Å². The highest BCUT2D eigenvalue weighted by atomic mass is 32.2. The van der Waals surface area contributed by atoms with E-state index in [9.17, 15) is 13.2 Å². The fourth-order valence-electron chi connectivity index (χ4n) is 3.11. The minimum atomic E-state index is -3.76. The molecular formula is C19H24N4O4S. The van der Waals surface area contributed by atoms with Crippen LogP contribution in [0.5, 0.6) is 5.75 Å². The van der Waals surface area contributed by atoms with E-state index < -0.39 is 15.9 Å². The molecule has 3 rings (SSSR count). The van der Waals surface area contributed by atoms with Crippen LogP contribution < -0.4 is 19.7 Å². The van der Waals surface area contributed by atoms with Crippen LogP contribution in [0.2, 0.25) is 0 Å². The number of methoxy groups -OCH3 is 1. The Labute approximate surface area is 165 Å². The van der Waals surface area contributed by atoms with Crippen molar-refractivity contribution in [2.45, 2.75) is 24.2 Å². The molecule has 1 aromatic carbocycles. The van der Waals surface area contributed by atoms with E-state index in [1.54, 1.807) is 12.3 Å². The standard InChI is InChI=1S/C19H24N4O4S/c1-20-28(25,26)17-12-14(6-8-16(17)27-2)19(24)22-15-7-9-18(21-13-15)23-10-4-3-5-11-23/h6-9,12-13,20H,3-5,10-11H2,1-2H3,(H,22,24). The van der Waals surface area contributed by atoms with Crippen LogP contribution in [0.3, 0.4) is 0 Å². The molecule has 1 aliphatic heterocycles. The summed E-state index contributed by atoms with van der Waals surface area (Å²) in [5.74, 6) is 0.630. The van der Waals surface area contributed by atoms with Crippen LogP contribution in [-0.2, 0) is 10.0 Å². The van der Waals surface area contributed by atoms with Crippen LogP contribution in [-0.4, -0.2) is 46.6 Å². The number of aromatic nitrogens is 1. The minimum absolute atomic E-state index is 0.0938. The number of rotatable bonds is 6. The summed E-state index contributed by atoms with van der Waals surface area (Å²) in [5.41, 5.74) is 0.745. The zero-order chi connectivity index (χ0) is 20.1. The Balaban J connectivity index is 1.76. The number of ether oxygens (including phenoxy) is 1. The van der Waals surface area contributed by atoms with Gasteiger partial charge in [-0.2, -0.15) is 0 Å². The van der Waals surface area contributed by atoms with Crippen LogP contribution in [0.25, 0.3) is 0 Å². The van der Waals surface area contributed by atoms with Gasteiger partial charge >= 0.3 is 0 Å². The van der Waals surface area contributed by atoms with E-state index in [0.717, 1.165) is 31.7 Å².